The Bertz CT molecular complexity index is 450. The summed E-state index contributed by atoms with van der Waals surface area (Å²) in [4.78, 5) is 15.0. The molecule has 0 saturated carbocycles. The fourth-order valence-corrected chi connectivity index (χ4v) is 1.69. The van der Waals surface area contributed by atoms with E-state index in [1.54, 1.807) is 0 Å². The van der Waals surface area contributed by atoms with Crippen LogP contribution in [0.5, 0.6) is 0 Å². The zero-order valence-corrected chi connectivity index (χ0v) is 9.59. The molecular weight excluding hydrogens is 188 g/mol. The van der Waals surface area contributed by atoms with E-state index in [0.29, 0.717) is 0 Å². The quantitative estimate of drug-likeness (QED) is 0.804. The third kappa shape index (κ3) is 2.10. The van der Waals surface area contributed by atoms with Gasteiger partial charge in [0, 0.05) is 17.5 Å². The second-order valence-corrected chi connectivity index (χ2v) is 4.28. The van der Waals surface area contributed by atoms with E-state index in [-0.39, 0.29) is 22.8 Å². The number of aromatic nitrogens is 1. The van der Waals surface area contributed by atoms with E-state index in [2.05, 4.69) is 4.98 Å². The van der Waals surface area contributed by atoms with Crippen LogP contribution in [0, 0.1) is 11.3 Å². The summed E-state index contributed by atoms with van der Waals surface area (Å²) in [5.74, 6) is 0.405. The Morgan fingerprint density at radius 2 is 1.87 bits per heavy atom. The lowest BCUT2D eigenvalue weighted by Gasteiger charge is -2.14. The van der Waals surface area contributed by atoms with Crippen molar-refractivity contribution in [1.82, 2.24) is 4.98 Å². The number of nitrogens with zero attached hydrogens (tertiary/aromatic N) is 1. The maximum absolute atomic E-state index is 11.9. The Hall–Kier alpha value is -1.56. The summed E-state index contributed by atoms with van der Waals surface area (Å²) in [6, 6.07) is 1.91. The lowest BCUT2D eigenvalue weighted by Crippen LogP contribution is -2.19. The van der Waals surface area contributed by atoms with Crippen molar-refractivity contribution in [3.63, 3.8) is 0 Å². The van der Waals surface area contributed by atoms with Crippen molar-refractivity contribution in [2.75, 3.05) is 0 Å². The Labute approximate surface area is 89.8 Å². The summed E-state index contributed by atoms with van der Waals surface area (Å²) >= 11 is 0. The topological polar surface area (TPSA) is 56.6 Å². The zero-order valence-electron chi connectivity index (χ0n) is 9.59. The standard InChI is InChI=1S/C12H16N2O/c1-7(2)10-11(8(3)4)14-6-9(5-13)12(10)15/h6-8H,1-4H3,(H,14,15). The number of nitriles is 1. The van der Waals surface area contributed by atoms with Gasteiger partial charge in [0.2, 0.25) is 5.43 Å². The second-order valence-electron chi connectivity index (χ2n) is 4.28. The highest BCUT2D eigenvalue weighted by molar-refractivity contribution is 5.36. The minimum atomic E-state index is -0.130. The number of hydrogen-bond acceptors (Lipinski definition) is 2. The number of pyridine rings is 1. The van der Waals surface area contributed by atoms with Gasteiger partial charge in [0.25, 0.3) is 0 Å². The van der Waals surface area contributed by atoms with Crippen LogP contribution in [0.25, 0.3) is 0 Å². The highest BCUT2D eigenvalue weighted by Crippen LogP contribution is 2.21. The van der Waals surface area contributed by atoms with Gasteiger partial charge in [-0.3, -0.25) is 4.79 Å². The van der Waals surface area contributed by atoms with E-state index in [9.17, 15) is 4.79 Å². The molecule has 0 radical (unpaired) electrons. The Balaban J connectivity index is 3.54. The fraction of sp³-hybridized carbons (Fsp3) is 0.500. The molecule has 80 valence electrons. The summed E-state index contributed by atoms with van der Waals surface area (Å²) in [6.45, 7) is 8.00. The van der Waals surface area contributed by atoms with Crippen molar-refractivity contribution in [2.45, 2.75) is 39.5 Å². The van der Waals surface area contributed by atoms with Crippen LogP contribution >= 0.6 is 0 Å². The zero-order chi connectivity index (χ0) is 11.6. The second kappa shape index (κ2) is 4.31. The average Bonchev–Trinajstić information content (AvgIpc) is 2.16. The summed E-state index contributed by atoms with van der Waals surface area (Å²) in [7, 11) is 0. The van der Waals surface area contributed by atoms with Crippen LogP contribution in [0.15, 0.2) is 11.0 Å². The van der Waals surface area contributed by atoms with Gasteiger partial charge in [-0.1, -0.05) is 27.7 Å². The Morgan fingerprint density at radius 3 is 2.27 bits per heavy atom. The van der Waals surface area contributed by atoms with Gasteiger partial charge in [0.15, 0.2) is 0 Å². The van der Waals surface area contributed by atoms with Crippen molar-refractivity contribution in [2.24, 2.45) is 0 Å². The normalized spacial score (nSPS) is 10.7. The molecule has 0 fully saturated rings. The first kappa shape index (κ1) is 11.5. The molecule has 0 unspecified atom stereocenters. The lowest BCUT2D eigenvalue weighted by molar-refractivity contribution is 0.749. The van der Waals surface area contributed by atoms with Gasteiger partial charge >= 0.3 is 0 Å². The van der Waals surface area contributed by atoms with Crippen LogP contribution in [-0.4, -0.2) is 4.98 Å². The molecule has 0 aliphatic heterocycles. The van der Waals surface area contributed by atoms with Crippen LogP contribution < -0.4 is 5.43 Å². The van der Waals surface area contributed by atoms with E-state index in [1.165, 1.54) is 6.20 Å². The highest BCUT2D eigenvalue weighted by atomic mass is 16.1. The molecule has 1 rings (SSSR count). The van der Waals surface area contributed by atoms with Gasteiger partial charge in [-0.25, -0.2) is 0 Å². The van der Waals surface area contributed by atoms with E-state index in [0.717, 1.165) is 11.3 Å². The molecule has 0 bridgehead atoms. The van der Waals surface area contributed by atoms with E-state index < -0.39 is 0 Å². The smallest absolute Gasteiger partial charge is 0.203 e. The van der Waals surface area contributed by atoms with E-state index in [4.69, 9.17) is 5.26 Å². The molecule has 1 N–H and O–H groups in total. The average molecular weight is 204 g/mol. The fourth-order valence-electron chi connectivity index (χ4n) is 1.69. The molecule has 0 amide bonds. The van der Waals surface area contributed by atoms with Crippen LogP contribution in [0.3, 0.4) is 0 Å². The predicted octanol–water partition coefficient (Wildman–Crippen LogP) is 2.49. The summed E-state index contributed by atoms with van der Waals surface area (Å²) in [5.41, 5.74) is 1.75. The molecule has 0 aliphatic carbocycles. The SMILES string of the molecule is CC(C)c1[nH]cc(C#N)c(=O)c1C(C)C. The first-order valence-corrected chi connectivity index (χ1v) is 5.14. The van der Waals surface area contributed by atoms with Gasteiger partial charge in [-0.2, -0.15) is 5.26 Å². The first-order valence-electron chi connectivity index (χ1n) is 5.14. The minimum Gasteiger partial charge on any atom is -0.363 e. The highest BCUT2D eigenvalue weighted by Gasteiger charge is 2.16. The first-order chi connectivity index (χ1) is 6.99. The van der Waals surface area contributed by atoms with Crippen molar-refractivity contribution in [3.8, 4) is 6.07 Å². The van der Waals surface area contributed by atoms with Crippen LogP contribution in [0.1, 0.15) is 56.4 Å². The molecule has 1 heterocycles. The number of rotatable bonds is 2. The van der Waals surface area contributed by atoms with Crippen LogP contribution in [0.2, 0.25) is 0 Å². The van der Waals surface area contributed by atoms with Crippen molar-refractivity contribution >= 4 is 0 Å². The predicted molar refractivity (Wildman–Crippen MR) is 60.0 cm³/mol. The minimum absolute atomic E-state index is 0.130. The number of hydrogen-bond donors (Lipinski definition) is 1. The summed E-state index contributed by atoms with van der Waals surface area (Å²) < 4.78 is 0. The monoisotopic (exact) mass is 204 g/mol. The molecule has 3 nitrogen and oxygen atoms in total. The molecule has 3 heteroatoms. The maximum Gasteiger partial charge on any atom is 0.203 e. The molecular formula is C12H16N2O. The Kier molecular flexibility index (Phi) is 3.31. The number of nitrogens with one attached hydrogen (secondary N) is 1. The van der Waals surface area contributed by atoms with E-state index >= 15 is 0 Å². The van der Waals surface area contributed by atoms with Crippen molar-refractivity contribution in [3.05, 3.63) is 33.2 Å². The van der Waals surface area contributed by atoms with Crippen LogP contribution in [0.4, 0.5) is 0 Å². The van der Waals surface area contributed by atoms with Gasteiger partial charge in [0.1, 0.15) is 11.6 Å². The summed E-state index contributed by atoms with van der Waals surface area (Å²) in [5, 5.41) is 8.78. The number of H-pyrrole nitrogens is 1. The van der Waals surface area contributed by atoms with Crippen molar-refractivity contribution < 1.29 is 0 Å². The molecule has 0 atom stereocenters. The summed E-state index contributed by atoms with van der Waals surface area (Å²) in [6.07, 6.45) is 1.50. The molecule has 1 aromatic rings. The molecule has 15 heavy (non-hydrogen) atoms. The van der Waals surface area contributed by atoms with E-state index in [1.807, 2.05) is 33.8 Å². The maximum atomic E-state index is 11.9. The number of aromatic amines is 1. The van der Waals surface area contributed by atoms with Crippen molar-refractivity contribution in [1.29, 1.82) is 5.26 Å². The molecule has 0 aromatic carbocycles. The largest absolute Gasteiger partial charge is 0.363 e. The van der Waals surface area contributed by atoms with Gasteiger partial charge < -0.3 is 4.98 Å². The van der Waals surface area contributed by atoms with Gasteiger partial charge in [0.05, 0.1) is 0 Å². The molecule has 0 saturated heterocycles. The van der Waals surface area contributed by atoms with Crippen LogP contribution in [-0.2, 0) is 0 Å². The lowest BCUT2D eigenvalue weighted by atomic mass is 9.94. The third-order valence-electron chi connectivity index (χ3n) is 2.43. The Morgan fingerprint density at radius 1 is 1.27 bits per heavy atom. The third-order valence-corrected chi connectivity index (χ3v) is 2.43. The van der Waals surface area contributed by atoms with Gasteiger partial charge in [-0.05, 0) is 11.8 Å². The molecule has 1 aromatic heterocycles. The van der Waals surface area contributed by atoms with Gasteiger partial charge in [-0.15, -0.1) is 0 Å². The molecule has 0 aliphatic rings. The molecule has 0 spiro atoms.